The summed E-state index contributed by atoms with van der Waals surface area (Å²) in [6.07, 6.45) is 4.64. The van der Waals surface area contributed by atoms with E-state index in [1.165, 1.54) is 0 Å². The van der Waals surface area contributed by atoms with Gasteiger partial charge in [0, 0.05) is 25.4 Å². The highest BCUT2D eigenvalue weighted by Gasteiger charge is 2.33. The van der Waals surface area contributed by atoms with E-state index in [0.29, 0.717) is 24.4 Å². The highest BCUT2D eigenvalue weighted by Crippen LogP contribution is 2.24. The number of likely N-dealkylation sites (tertiary alicyclic amines) is 1. The second-order valence-electron chi connectivity index (χ2n) is 8.49. The summed E-state index contributed by atoms with van der Waals surface area (Å²) in [5.74, 6) is -0.212. The van der Waals surface area contributed by atoms with Crippen molar-refractivity contribution >= 4 is 32.7 Å². The minimum Gasteiger partial charge on any atom is -0.356 e. The Bertz CT molecular complexity index is 1050. The van der Waals surface area contributed by atoms with Gasteiger partial charge in [-0.1, -0.05) is 25.5 Å². The van der Waals surface area contributed by atoms with E-state index >= 15 is 0 Å². The second kappa shape index (κ2) is 9.80. The van der Waals surface area contributed by atoms with Gasteiger partial charge in [-0.05, 0) is 38.3 Å². The van der Waals surface area contributed by atoms with E-state index in [4.69, 9.17) is 0 Å². The van der Waals surface area contributed by atoms with Gasteiger partial charge in [0.2, 0.25) is 11.8 Å². The molecular formula is C22H32N4O4S. The number of benzene rings is 1. The van der Waals surface area contributed by atoms with E-state index in [2.05, 4.69) is 17.2 Å². The number of nitrogens with one attached hydrogen (secondary N) is 1. The predicted octanol–water partition coefficient (Wildman–Crippen LogP) is 2.12. The molecule has 1 fully saturated rings. The van der Waals surface area contributed by atoms with Gasteiger partial charge in [0.05, 0.1) is 17.0 Å². The fourth-order valence-corrected chi connectivity index (χ4v) is 4.76. The Morgan fingerprint density at radius 1 is 1.23 bits per heavy atom. The van der Waals surface area contributed by atoms with Crippen molar-refractivity contribution in [1.82, 2.24) is 19.8 Å². The summed E-state index contributed by atoms with van der Waals surface area (Å²) >= 11 is 0. The molecule has 0 saturated carbocycles. The molecule has 9 heteroatoms. The van der Waals surface area contributed by atoms with Crippen molar-refractivity contribution < 1.29 is 18.0 Å². The first kappa shape index (κ1) is 23.2. The molecular weight excluding hydrogens is 416 g/mol. The molecule has 0 radical (unpaired) electrons. The molecule has 1 aromatic heterocycles. The Morgan fingerprint density at radius 2 is 1.97 bits per heavy atom. The lowest BCUT2D eigenvalue weighted by Crippen LogP contribution is -2.50. The lowest BCUT2D eigenvalue weighted by molar-refractivity contribution is -0.138. The molecule has 3 rings (SSSR count). The van der Waals surface area contributed by atoms with Gasteiger partial charge in [0.25, 0.3) is 0 Å². The lowest BCUT2D eigenvalue weighted by atomic mass is 9.92. The molecule has 0 bridgehead atoms. The number of para-hydroxylation sites is 2. The molecule has 1 aromatic carbocycles. The number of imidazole rings is 1. The molecule has 1 saturated heterocycles. The first-order valence-corrected chi connectivity index (χ1v) is 12.9. The van der Waals surface area contributed by atoms with Gasteiger partial charge in [0.1, 0.15) is 18.1 Å². The number of hydrogen-bond acceptors (Lipinski definition) is 5. The number of carbonyl (C=O) groups is 2. The molecule has 1 N–H and O–H groups in total. The molecule has 170 valence electrons. The summed E-state index contributed by atoms with van der Waals surface area (Å²) in [7, 11) is -3.31. The van der Waals surface area contributed by atoms with Gasteiger partial charge < -0.3 is 14.8 Å². The fraction of sp³-hybridized carbons (Fsp3) is 0.591. The third kappa shape index (κ3) is 5.84. The Morgan fingerprint density at radius 3 is 2.68 bits per heavy atom. The summed E-state index contributed by atoms with van der Waals surface area (Å²) in [5, 5.41) is 2.97. The van der Waals surface area contributed by atoms with Gasteiger partial charge in [0.15, 0.2) is 9.84 Å². The van der Waals surface area contributed by atoms with E-state index in [-0.39, 0.29) is 36.1 Å². The summed E-state index contributed by atoms with van der Waals surface area (Å²) in [6, 6.07) is 7.35. The van der Waals surface area contributed by atoms with Crippen LogP contribution in [0.4, 0.5) is 0 Å². The molecule has 2 heterocycles. The van der Waals surface area contributed by atoms with Gasteiger partial charge in [-0.25, -0.2) is 13.4 Å². The van der Waals surface area contributed by atoms with Gasteiger partial charge in [-0.3, -0.25) is 9.59 Å². The Balaban J connectivity index is 1.79. The largest absolute Gasteiger partial charge is 0.356 e. The number of hydrogen-bond donors (Lipinski definition) is 1. The van der Waals surface area contributed by atoms with Gasteiger partial charge >= 0.3 is 0 Å². The topological polar surface area (TPSA) is 101 Å². The zero-order chi connectivity index (χ0) is 22.6. The number of rotatable bonds is 8. The van der Waals surface area contributed by atoms with E-state index in [1.807, 2.05) is 31.2 Å². The summed E-state index contributed by atoms with van der Waals surface area (Å²) < 4.78 is 25.5. The van der Waals surface area contributed by atoms with Crippen LogP contribution in [0.2, 0.25) is 0 Å². The molecule has 2 unspecified atom stereocenters. The predicted molar refractivity (Wildman–Crippen MR) is 120 cm³/mol. The summed E-state index contributed by atoms with van der Waals surface area (Å²) in [6.45, 7) is 5.11. The maximum Gasteiger partial charge on any atom is 0.242 e. The zero-order valence-electron chi connectivity index (χ0n) is 18.5. The van der Waals surface area contributed by atoms with Crippen molar-refractivity contribution in [2.75, 3.05) is 19.3 Å². The highest BCUT2D eigenvalue weighted by molar-refractivity contribution is 7.89. The minimum atomic E-state index is -3.31. The Kier molecular flexibility index (Phi) is 7.35. The van der Waals surface area contributed by atoms with Crippen molar-refractivity contribution in [1.29, 1.82) is 0 Å². The zero-order valence-corrected chi connectivity index (χ0v) is 19.3. The Labute approximate surface area is 183 Å². The van der Waals surface area contributed by atoms with Crippen molar-refractivity contribution in [3.8, 4) is 0 Å². The van der Waals surface area contributed by atoms with E-state index in [9.17, 15) is 18.0 Å². The minimum absolute atomic E-state index is 0.000119. The number of carbonyl (C=O) groups excluding carboxylic acids is 2. The maximum atomic E-state index is 13.3. The Hall–Kier alpha value is -2.42. The van der Waals surface area contributed by atoms with Gasteiger partial charge in [-0.2, -0.15) is 0 Å². The molecule has 2 aromatic rings. The highest BCUT2D eigenvalue weighted by atomic mass is 32.2. The second-order valence-corrected chi connectivity index (χ2v) is 10.6. The van der Waals surface area contributed by atoms with E-state index in [1.54, 1.807) is 9.47 Å². The molecule has 1 aliphatic heterocycles. The van der Waals surface area contributed by atoms with E-state index < -0.39 is 9.84 Å². The van der Waals surface area contributed by atoms with Crippen LogP contribution in [0.25, 0.3) is 11.0 Å². The first-order valence-electron chi connectivity index (χ1n) is 10.9. The third-order valence-corrected chi connectivity index (χ3v) is 6.60. The maximum absolute atomic E-state index is 13.3. The summed E-state index contributed by atoms with van der Waals surface area (Å²) in [4.78, 5) is 32.0. The van der Waals surface area contributed by atoms with Crippen LogP contribution >= 0.6 is 0 Å². The smallest absolute Gasteiger partial charge is 0.242 e. The molecule has 0 spiro atoms. The number of amides is 2. The molecule has 31 heavy (non-hydrogen) atoms. The van der Waals surface area contributed by atoms with Crippen molar-refractivity contribution in [2.24, 2.45) is 5.92 Å². The van der Waals surface area contributed by atoms with Crippen molar-refractivity contribution in [2.45, 2.75) is 57.9 Å². The number of piperidine rings is 1. The lowest BCUT2D eigenvalue weighted by Gasteiger charge is -2.37. The number of nitrogens with zero attached hydrogens (tertiary/aromatic N) is 3. The molecule has 1 aliphatic rings. The number of sulfone groups is 1. The van der Waals surface area contributed by atoms with E-state index in [0.717, 1.165) is 37.5 Å². The van der Waals surface area contributed by atoms with Crippen molar-refractivity contribution in [3.63, 3.8) is 0 Å². The van der Waals surface area contributed by atoms with Crippen LogP contribution in [-0.2, 0) is 31.7 Å². The standard InChI is InChI=1S/C22H32N4O4S/c1-4-5-12-23-22(28)17-11-10-16(2)25(13-17)21(27)14-26-19-9-7-6-8-18(19)24-20(26)15-31(3,29)30/h6-9,16-17H,4-5,10-15H2,1-3H3,(H,23,28). The number of fused-ring (bicyclic) bond motifs is 1. The molecule has 2 atom stereocenters. The van der Waals surface area contributed by atoms with Crippen LogP contribution in [0.3, 0.4) is 0 Å². The summed E-state index contributed by atoms with van der Waals surface area (Å²) in [5.41, 5.74) is 1.39. The van der Waals surface area contributed by atoms with Gasteiger partial charge in [-0.15, -0.1) is 0 Å². The average molecular weight is 449 g/mol. The molecule has 0 aliphatic carbocycles. The van der Waals surface area contributed by atoms with Crippen LogP contribution in [0.15, 0.2) is 24.3 Å². The normalized spacial score (nSPS) is 19.5. The van der Waals surface area contributed by atoms with Crippen LogP contribution in [0.5, 0.6) is 0 Å². The monoisotopic (exact) mass is 448 g/mol. The molecule has 8 nitrogen and oxygen atoms in total. The number of aromatic nitrogens is 2. The van der Waals surface area contributed by atoms with Crippen LogP contribution in [-0.4, -0.2) is 60.1 Å². The molecule has 2 amide bonds. The quantitative estimate of drug-likeness (QED) is 0.624. The average Bonchev–Trinajstić information content (AvgIpc) is 3.03. The van der Waals surface area contributed by atoms with Crippen molar-refractivity contribution in [3.05, 3.63) is 30.1 Å². The van der Waals surface area contributed by atoms with Crippen LogP contribution in [0.1, 0.15) is 45.4 Å². The third-order valence-electron chi connectivity index (χ3n) is 5.82. The SMILES string of the molecule is CCCCNC(=O)C1CCC(C)N(C(=O)Cn2c(CS(C)(=O)=O)nc3ccccc32)C1. The first-order chi connectivity index (χ1) is 14.7. The van der Waals surface area contributed by atoms with Crippen LogP contribution in [0, 0.1) is 5.92 Å². The van der Waals surface area contributed by atoms with Crippen LogP contribution < -0.4 is 5.32 Å². The fourth-order valence-electron chi connectivity index (χ4n) is 4.07. The number of unbranched alkanes of at least 4 members (excludes halogenated alkanes) is 1.